The topological polar surface area (TPSA) is 29.1 Å². The van der Waals surface area contributed by atoms with E-state index in [1.54, 1.807) is 0 Å². The summed E-state index contributed by atoms with van der Waals surface area (Å²) in [6.07, 6.45) is 22.4. The lowest BCUT2D eigenvalue weighted by Crippen LogP contribution is -2.29. The minimum atomic E-state index is 0.151. The molecule has 0 unspecified atom stereocenters. The van der Waals surface area contributed by atoms with Crippen molar-refractivity contribution in [2.24, 2.45) is 0 Å². The number of hydrogen-bond acceptors (Lipinski definition) is 1. The molecule has 0 aromatic rings. The van der Waals surface area contributed by atoms with E-state index in [0.29, 0.717) is 6.42 Å². The quantitative estimate of drug-likeness (QED) is 0.188. The molecule has 2 nitrogen and oxygen atoms in total. The molecule has 2 heteroatoms. The molecule has 0 heterocycles. The molecule has 0 spiro atoms. The van der Waals surface area contributed by atoms with Crippen molar-refractivity contribution in [2.75, 3.05) is 0 Å². The lowest BCUT2D eigenvalue weighted by Gasteiger charge is -2.08. The number of allylic oxidation sites excluding steroid dienone is 10. The summed E-state index contributed by atoms with van der Waals surface area (Å²) in [5.41, 5.74) is 7.21. The molecular weight excluding hydrogens is 390 g/mol. The van der Waals surface area contributed by atoms with Crippen LogP contribution in [-0.2, 0) is 4.79 Å². The number of hydrogen-bond donors (Lipinski definition) is 1. The molecule has 0 fully saturated rings. The van der Waals surface area contributed by atoms with Gasteiger partial charge in [-0.1, -0.05) is 58.2 Å². The third-order valence-electron chi connectivity index (χ3n) is 5.50. The van der Waals surface area contributed by atoms with Gasteiger partial charge in [-0.2, -0.15) is 0 Å². The number of unbranched alkanes of at least 4 members (excludes halogenated alkanes) is 1. The summed E-state index contributed by atoms with van der Waals surface area (Å²) in [5.74, 6) is 0.151. The minimum Gasteiger partial charge on any atom is -0.354 e. The minimum absolute atomic E-state index is 0.151. The van der Waals surface area contributed by atoms with Crippen molar-refractivity contribution >= 4 is 5.91 Å². The van der Waals surface area contributed by atoms with Gasteiger partial charge < -0.3 is 5.32 Å². The van der Waals surface area contributed by atoms with Gasteiger partial charge in [-0.15, -0.1) is 0 Å². The number of rotatable bonds is 16. The molecule has 0 rings (SSSR count). The van der Waals surface area contributed by atoms with Crippen LogP contribution in [0.4, 0.5) is 0 Å². The number of nitrogens with one attached hydrogen (secondary N) is 1. The second-order valence-electron chi connectivity index (χ2n) is 9.90. The van der Waals surface area contributed by atoms with E-state index in [2.05, 4.69) is 77.2 Å². The zero-order chi connectivity index (χ0) is 24.4. The lowest BCUT2D eigenvalue weighted by molar-refractivity contribution is -0.121. The summed E-state index contributed by atoms with van der Waals surface area (Å²) in [5, 5.41) is 2.95. The van der Waals surface area contributed by atoms with Crippen molar-refractivity contribution in [1.82, 2.24) is 5.32 Å². The summed E-state index contributed by atoms with van der Waals surface area (Å²) in [4.78, 5) is 11.7. The van der Waals surface area contributed by atoms with Gasteiger partial charge in [-0.05, 0) is 113 Å². The molecule has 0 radical (unpaired) electrons. The predicted molar refractivity (Wildman–Crippen MR) is 144 cm³/mol. The van der Waals surface area contributed by atoms with Crippen LogP contribution in [0.3, 0.4) is 0 Å². The molecule has 1 amide bonds. The Morgan fingerprint density at radius 2 is 0.938 bits per heavy atom. The summed E-state index contributed by atoms with van der Waals surface area (Å²) >= 11 is 0. The van der Waals surface area contributed by atoms with E-state index in [-0.39, 0.29) is 11.9 Å². The molecule has 182 valence electrons. The Hall–Kier alpha value is -1.83. The molecule has 0 aromatic heterocycles. The Labute approximate surface area is 200 Å². The highest BCUT2D eigenvalue weighted by Crippen LogP contribution is 2.14. The Kier molecular flexibility index (Phi) is 17.6. The highest BCUT2D eigenvalue weighted by molar-refractivity contribution is 5.76. The first-order chi connectivity index (χ1) is 15.1. The summed E-state index contributed by atoms with van der Waals surface area (Å²) < 4.78 is 0. The molecule has 0 saturated heterocycles. The van der Waals surface area contributed by atoms with Crippen LogP contribution in [0, 0.1) is 0 Å². The third kappa shape index (κ3) is 20.1. The Morgan fingerprint density at radius 1 is 0.562 bits per heavy atom. The van der Waals surface area contributed by atoms with Gasteiger partial charge in [-0.3, -0.25) is 4.79 Å². The highest BCUT2D eigenvalue weighted by atomic mass is 16.1. The standard InChI is InChI=1S/C30H51NO/c1-24(2)14-11-17-28(7)20-12-18-26(5)15-9-10-16-27(6)19-13-21-29(8)22-23-30(32)31-25(3)4/h14-16,20-21,25H,9-13,17-19,22-23H2,1-8H3,(H,31,32)/b26-15+,27-16+,28-20+,29-21+. The molecule has 1 N–H and O–H groups in total. The third-order valence-corrected chi connectivity index (χ3v) is 5.50. The van der Waals surface area contributed by atoms with E-state index < -0.39 is 0 Å². The Morgan fingerprint density at radius 3 is 1.34 bits per heavy atom. The zero-order valence-corrected chi connectivity index (χ0v) is 22.4. The van der Waals surface area contributed by atoms with Crippen molar-refractivity contribution in [3.8, 4) is 0 Å². The first kappa shape index (κ1) is 30.2. The van der Waals surface area contributed by atoms with Crippen LogP contribution in [0.1, 0.15) is 120 Å². The van der Waals surface area contributed by atoms with E-state index in [0.717, 1.165) is 44.9 Å². The largest absolute Gasteiger partial charge is 0.354 e. The highest BCUT2D eigenvalue weighted by Gasteiger charge is 2.03. The second-order valence-corrected chi connectivity index (χ2v) is 9.90. The van der Waals surface area contributed by atoms with Crippen LogP contribution in [0.25, 0.3) is 0 Å². The van der Waals surface area contributed by atoms with E-state index in [1.165, 1.54) is 40.7 Å². The predicted octanol–water partition coefficient (Wildman–Crippen LogP) is 9.16. The van der Waals surface area contributed by atoms with Crippen LogP contribution in [-0.4, -0.2) is 11.9 Å². The van der Waals surface area contributed by atoms with Gasteiger partial charge in [0.1, 0.15) is 0 Å². The molecule has 0 atom stereocenters. The normalized spacial score (nSPS) is 13.5. The molecular formula is C30H51NO. The average Bonchev–Trinajstić information content (AvgIpc) is 2.69. The van der Waals surface area contributed by atoms with Crippen LogP contribution in [0.5, 0.6) is 0 Å². The van der Waals surface area contributed by atoms with Gasteiger partial charge in [0, 0.05) is 12.5 Å². The summed E-state index contributed by atoms with van der Waals surface area (Å²) in [7, 11) is 0. The lowest BCUT2D eigenvalue weighted by atomic mass is 10.0. The average molecular weight is 442 g/mol. The molecule has 0 aliphatic carbocycles. The molecule has 0 bridgehead atoms. The molecule has 0 aliphatic heterocycles. The maximum absolute atomic E-state index is 11.7. The van der Waals surface area contributed by atoms with Crippen LogP contribution >= 0.6 is 0 Å². The molecule has 0 aromatic carbocycles. The molecule has 0 saturated carbocycles. The van der Waals surface area contributed by atoms with Crippen molar-refractivity contribution in [3.63, 3.8) is 0 Å². The molecule has 32 heavy (non-hydrogen) atoms. The second kappa shape index (κ2) is 18.7. The molecule has 0 aliphatic rings. The SMILES string of the molecule is CC(C)=CCC/C(C)=C/CC/C(C)=C/CC/C=C(\C)CC/C=C(\C)CCC(=O)NC(C)C. The maximum atomic E-state index is 11.7. The fourth-order valence-corrected chi connectivity index (χ4v) is 3.45. The fraction of sp³-hybridized carbons (Fsp3) is 0.633. The number of carbonyl (C=O) groups is 1. The van der Waals surface area contributed by atoms with E-state index in [9.17, 15) is 4.79 Å². The zero-order valence-electron chi connectivity index (χ0n) is 22.4. The van der Waals surface area contributed by atoms with Gasteiger partial charge in [0.2, 0.25) is 5.91 Å². The van der Waals surface area contributed by atoms with Gasteiger partial charge in [0.05, 0.1) is 0 Å². The van der Waals surface area contributed by atoms with Crippen LogP contribution < -0.4 is 5.32 Å². The van der Waals surface area contributed by atoms with Gasteiger partial charge in [0.15, 0.2) is 0 Å². The number of carbonyl (C=O) groups excluding carboxylic acids is 1. The summed E-state index contributed by atoms with van der Waals surface area (Å²) in [6, 6.07) is 0.224. The Bertz CT molecular complexity index is 682. The van der Waals surface area contributed by atoms with Crippen molar-refractivity contribution in [3.05, 3.63) is 58.2 Å². The summed E-state index contributed by atoms with van der Waals surface area (Å²) in [6.45, 7) is 17.2. The van der Waals surface area contributed by atoms with Gasteiger partial charge in [0.25, 0.3) is 0 Å². The maximum Gasteiger partial charge on any atom is 0.220 e. The van der Waals surface area contributed by atoms with Crippen LogP contribution in [0.15, 0.2) is 58.2 Å². The van der Waals surface area contributed by atoms with Crippen LogP contribution in [0.2, 0.25) is 0 Å². The first-order valence-corrected chi connectivity index (χ1v) is 12.6. The fourth-order valence-electron chi connectivity index (χ4n) is 3.45. The smallest absolute Gasteiger partial charge is 0.220 e. The number of amides is 1. The first-order valence-electron chi connectivity index (χ1n) is 12.6. The monoisotopic (exact) mass is 441 g/mol. The Balaban J connectivity index is 4.07. The van der Waals surface area contributed by atoms with Gasteiger partial charge >= 0.3 is 0 Å². The van der Waals surface area contributed by atoms with E-state index in [4.69, 9.17) is 0 Å². The van der Waals surface area contributed by atoms with E-state index in [1.807, 2.05) is 13.8 Å². The van der Waals surface area contributed by atoms with Crippen molar-refractivity contribution in [2.45, 2.75) is 126 Å². The van der Waals surface area contributed by atoms with E-state index >= 15 is 0 Å². The van der Waals surface area contributed by atoms with Gasteiger partial charge in [-0.25, -0.2) is 0 Å². The van der Waals surface area contributed by atoms with Crippen molar-refractivity contribution in [1.29, 1.82) is 0 Å². The van der Waals surface area contributed by atoms with Crippen molar-refractivity contribution < 1.29 is 4.79 Å².